The normalized spacial score (nSPS) is 19.5. The van der Waals surface area contributed by atoms with Crippen molar-refractivity contribution in [3.05, 3.63) is 58.7 Å². The number of pyridine rings is 2. The maximum absolute atomic E-state index is 12.8. The topological polar surface area (TPSA) is 34.0 Å². The predicted octanol–water partition coefficient (Wildman–Crippen LogP) is 4.52. The van der Waals surface area contributed by atoms with Crippen LogP contribution in [0.3, 0.4) is 0 Å². The summed E-state index contributed by atoms with van der Waals surface area (Å²) in [7, 11) is 0. The molecular weight excluding hydrogens is 377 g/mol. The van der Waals surface area contributed by atoms with E-state index in [4.69, 9.17) is 4.98 Å². The Bertz CT molecular complexity index is 1050. The molecule has 2 aliphatic rings. The number of halogens is 3. The number of rotatable bonds is 3. The second kappa shape index (κ2) is 6.83. The number of alkyl halides is 3. The molecule has 1 unspecified atom stereocenters. The molecular formula is C22H23F3N4. The highest BCUT2D eigenvalue weighted by Crippen LogP contribution is 2.36. The first-order valence-corrected chi connectivity index (χ1v) is 10.1. The van der Waals surface area contributed by atoms with Crippen LogP contribution in [0, 0.1) is 6.92 Å². The first-order valence-electron chi connectivity index (χ1n) is 10.1. The van der Waals surface area contributed by atoms with Crippen molar-refractivity contribution in [3.8, 4) is 0 Å². The minimum absolute atomic E-state index is 0.597. The molecule has 0 saturated carbocycles. The molecule has 0 amide bonds. The molecule has 4 nitrogen and oxygen atoms in total. The first-order chi connectivity index (χ1) is 13.9. The van der Waals surface area contributed by atoms with Gasteiger partial charge in [0.15, 0.2) is 0 Å². The summed E-state index contributed by atoms with van der Waals surface area (Å²) >= 11 is 0. The Labute approximate surface area is 167 Å². The largest absolute Gasteiger partial charge is 0.433 e. The Hall–Kier alpha value is -2.41. The molecule has 2 aliphatic heterocycles. The predicted molar refractivity (Wildman–Crippen MR) is 105 cm³/mol. The SMILES string of the molecule is Cc1cnc2c(c1)c1c(n2CCc2ccc(C(F)(F)F)nc2)CC2CCCN2C1. The van der Waals surface area contributed by atoms with Gasteiger partial charge in [0.2, 0.25) is 0 Å². The first kappa shape index (κ1) is 18.6. The minimum Gasteiger partial charge on any atom is -0.329 e. The number of aromatic nitrogens is 3. The van der Waals surface area contributed by atoms with Gasteiger partial charge in [0.1, 0.15) is 11.3 Å². The number of hydrogen-bond acceptors (Lipinski definition) is 3. The molecule has 1 atom stereocenters. The Morgan fingerprint density at radius 1 is 1.17 bits per heavy atom. The van der Waals surface area contributed by atoms with Crippen LogP contribution in [0.25, 0.3) is 11.0 Å². The highest BCUT2D eigenvalue weighted by molar-refractivity contribution is 5.83. The second-order valence-electron chi connectivity index (χ2n) is 8.23. The molecule has 3 aromatic rings. The van der Waals surface area contributed by atoms with E-state index in [9.17, 15) is 13.2 Å². The molecule has 7 heteroatoms. The molecule has 1 saturated heterocycles. The van der Waals surface area contributed by atoms with Crippen molar-refractivity contribution >= 4 is 11.0 Å². The minimum atomic E-state index is -4.40. The second-order valence-corrected chi connectivity index (χ2v) is 8.23. The molecule has 29 heavy (non-hydrogen) atoms. The van der Waals surface area contributed by atoms with Crippen molar-refractivity contribution in [2.75, 3.05) is 6.54 Å². The zero-order valence-corrected chi connectivity index (χ0v) is 16.3. The molecule has 0 N–H and O–H groups in total. The number of hydrogen-bond donors (Lipinski definition) is 0. The third kappa shape index (κ3) is 3.31. The Morgan fingerprint density at radius 2 is 2.03 bits per heavy atom. The molecule has 0 radical (unpaired) electrons. The van der Waals surface area contributed by atoms with E-state index in [1.165, 1.54) is 41.7 Å². The average molecular weight is 400 g/mol. The van der Waals surface area contributed by atoms with E-state index in [1.807, 2.05) is 6.20 Å². The maximum atomic E-state index is 12.8. The highest BCUT2D eigenvalue weighted by Gasteiger charge is 2.34. The van der Waals surface area contributed by atoms with Crippen molar-refractivity contribution in [3.63, 3.8) is 0 Å². The summed E-state index contributed by atoms with van der Waals surface area (Å²) < 4.78 is 40.5. The molecule has 1 fully saturated rings. The molecule has 0 spiro atoms. The van der Waals surface area contributed by atoms with E-state index in [2.05, 4.69) is 27.4 Å². The number of nitrogens with zero attached hydrogens (tertiary/aromatic N) is 4. The van der Waals surface area contributed by atoms with E-state index in [0.717, 1.165) is 42.4 Å². The quantitative estimate of drug-likeness (QED) is 0.648. The van der Waals surface area contributed by atoms with Crippen LogP contribution < -0.4 is 0 Å². The van der Waals surface area contributed by atoms with Crippen LogP contribution in [0.2, 0.25) is 0 Å². The van der Waals surface area contributed by atoms with Crippen LogP contribution in [0.1, 0.15) is 40.9 Å². The van der Waals surface area contributed by atoms with Crippen LogP contribution >= 0.6 is 0 Å². The van der Waals surface area contributed by atoms with Gasteiger partial charge in [-0.15, -0.1) is 0 Å². The lowest BCUT2D eigenvalue weighted by Gasteiger charge is -2.30. The lowest BCUT2D eigenvalue weighted by Crippen LogP contribution is -2.35. The summed E-state index contributed by atoms with van der Waals surface area (Å²) in [6.07, 6.45) is 2.98. The van der Waals surface area contributed by atoms with Gasteiger partial charge >= 0.3 is 6.18 Å². The summed E-state index contributed by atoms with van der Waals surface area (Å²) in [6.45, 7) is 4.89. The van der Waals surface area contributed by atoms with Crippen molar-refractivity contribution < 1.29 is 13.2 Å². The third-order valence-corrected chi connectivity index (χ3v) is 6.29. The van der Waals surface area contributed by atoms with Crippen molar-refractivity contribution in [2.24, 2.45) is 0 Å². The van der Waals surface area contributed by atoms with Crippen LogP contribution in [0.15, 0.2) is 30.6 Å². The fourth-order valence-electron chi connectivity index (χ4n) is 4.84. The molecule has 3 aromatic heterocycles. The van der Waals surface area contributed by atoms with Gasteiger partial charge in [-0.2, -0.15) is 13.2 Å². The van der Waals surface area contributed by atoms with E-state index < -0.39 is 11.9 Å². The Balaban J connectivity index is 1.47. The zero-order valence-electron chi connectivity index (χ0n) is 16.3. The van der Waals surface area contributed by atoms with Gasteiger partial charge in [0.05, 0.1) is 0 Å². The van der Waals surface area contributed by atoms with E-state index in [-0.39, 0.29) is 0 Å². The van der Waals surface area contributed by atoms with Crippen LogP contribution in [-0.4, -0.2) is 32.0 Å². The summed E-state index contributed by atoms with van der Waals surface area (Å²) in [4.78, 5) is 10.9. The van der Waals surface area contributed by atoms with Crippen LogP contribution in [0.4, 0.5) is 13.2 Å². The van der Waals surface area contributed by atoms with E-state index in [0.29, 0.717) is 19.0 Å². The zero-order chi connectivity index (χ0) is 20.2. The van der Waals surface area contributed by atoms with Crippen LogP contribution in [-0.2, 0) is 32.1 Å². The van der Waals surface area contributed by atoms with Gasteiger partial charge in [-0.1, -0.05) is 6.07 Å². The summed E-state index contributed by atoms with van der Waals surface area (Å²) in [5.41, 5.74) is 4.82. The Morgan fingerprint density at radius 3 is 2.79 bits per heavy atom. The lowest BCUT2D eigenvalue weighted by molar-refractivity contribution is -0.141. The lowest BCUT2D eigenvalue weighted by atomic mass is 9.99. The highest BCUT2D eigenvalue weighted by atomic mass is 19.4. The average Bonchev–Trinajstić information content (AvgIpc) is 3.26. The molecule has 0 aromatic carbocycles. The molecule has 152 valence electrons. The summed E-state index contributed by atoms with van der Waals surface area (Å²) in [5.74, 6) is 0. The number of aryl methyl sites for hydroxylation is 3. The Kier molecular flexibility index (Phi) is 4.38. The van der Waals surface area contributed by atoms with Gasteiger partial charge in [0.25, 0.3) is 0 Å². The van der Waals surface area contributed by atoms with Crippen molar-refractivity contribution in [2.45, 2.75) is 57.9 Å². The van der Waals surface area contributed by atoms with Gasteiger partial charge in [-0.05, 0) is 61.6 Å². The van der Waals surface area contributed by atoms with Crippen LogP contribution in [0.5, 0.6) is 0 Å². The number of fused-ring (bicyclic) bond motifs is 4. The van der Waals surface area contributed by atoms with E-state index >= 15 is 0 Å². The molecule has 0 aliphatic carbocycles. The molecule has 5 rings (SSSR count). The van der Waals surface area contributed by atoms with Gasteiger partial charge in [-0.3, -0.25) is 9.88 Å². The van der Waals surface area contributed by atoms with Gasteiger partial charge < -0.3 is 4.57 Å². The maximum Gasteiger partial charge on any atom is 0.433 e. The van der Waals surface area contributed by atoms with E-state index in [1.54, 1.807) is 0 Å². The third-order valence-electron chi connectivity index (χ3n) is 6.29. The van der Waals surface area contributed by atoms with Gasteiger partial charge in [0, 0.05) is 49.0 Å². The van der Waals surface area contributed by atoms with Crippen molar-refractivity contribution in [1.82, 2.24) is 19.4 Å². The standard InChI is InChI=1S/C22H23F3N4/c1-14-9-17-18-13-28-7-2-3-16(28)10-19(18)29(21(17)27-11-14)8-6-15-4-5-20(26-12-15)22(23,24)25/h4-5,9,11-12,16H,2-3,6-8,10,13H2,1H3. The molecule has 0 bridgehead atoms. The van der Waals surface area contributed by atoms with Crippen molar-refractivity contribution in [1.29, 1.82) is 0 Å². The fraction of sp³-hybridized carbons (Fsp3) is 0.455. The summed E-state index contributed by atoms with van der Waals surface area (Å²) in [6, 6.07) is 5.41. The monoisotopic (exact) mass is 400 g/mol. The van der Waals surface area contributed by atoms with Gasteiger partial charge in [-0.25, -0.2) is 4.98 Å². The fourth-order valence-corrected chi connectivity index (χ4v) is 4.84. The molecule has 5 heterocycles. The smallest absolute Gasteiger partial charge is 0.329 e. The summed E-state index contributed by atoms with van der Waals surface area (Å²) in [5, 5.41) is 1.22.